The summed E-state index contributed by atoms with van der Waals surface area (Å²) in [5.74, 6) is 2.19. The fourth-order valence-electron chi connectivity index (χ4n) is 4.30. The Morgan fingerprint density at radius 2 is 2.00 bits per heavy atom. The number of fused-ring (bicyclic) bond motifs is 2. The van der Waals surface area contributed by atoms with Gasteiger partial charge in [-0.2, -0.15) is 4.98 Å². The highest BCUT2D eigenvalue weighted by molar-refractivity contribution is 6.30. The Hall–Kier alpha value is -1.39. The molecule has 2 bridgehead atoms. The quantitative estimate of drug-likeness (QED) is 0.845. The summed E-state index contributed by atoms with van der Waals surface area (Å²) in [5.41, 5.74) is 1.33. The molecule has 1 aromatic carbocycles. The molecule has 116 valence electrons. The molecule has 0 saturated carbocycles. The second kappa shape index (κ2) is 5.36. The predicted octanol–water partition coefficient (Wildman–Crippen LogP) is 3.77. The van der Waals surface area contributed by atoms with Crippen molar-refractivity contribution in [3.8, 4) is 0 Å². The smallest absolute Gasteiger partial charge is 0.231 e. The van der Waals surface area contributed by atoms with E-state index in [1.165, 1.54) is 18.4 Å². The van der Waals surface area contributed by atoms with Crippen LogP contribution in [0.2, 0.25) is 5.02 Å². The minimum absolute atomic E-state index is 0.270. The number of piperidine rings is 1. The van der Waals surface area contributed by atoms with E-state index in [0.717, 1.165) is 17.3 Å². The molecule has 4 atom stereocenters. The van der Waals surface area contributed by atoms with Crippen molar-refractivity contribution in [1.29, 1.82) is 0 Å². The van der Waals surface area contributed by atoms with Crippen molar-refractivity contribution in [3.05, 3.63) is 46.6 Å². The van der Waals surface area contributed by atoms with Crippen molar-refractivity contribution < 1.29 is 4.52 Å². The second-order valence-electron chi connectivity index (χ2n) is 6.56. The van der Waals surface area contributed by atoms with Crippen LogP contribution in [0.15, 0.2) is 28.8 Å². The lowest BCUT2D eigenvalue weighted by Crippen LogP contribution is -2.44. The van der Waals surface area contributed by atoms with Gasteiger partial charge in [-0.1, -0.05) is 28.9 Å². The first-order valence-corrected chi connectivity index (χ1v) is 8.29. The van der Waals surface area contributed by atoms with Gasteiger partial charge in [0.1, 0.15) is 0 Å². The van der Waals surface area contributed by atoms with Gasteiger partial charge in [0, 0.05) is 17.1 Å². The molecule has 4 nitrogen and oxygen atoms in total. The number of benzene rings is 1. The normalized spacial score (nSPS) is 31.6. The largest absolute Gasteiger partial charge is 0.339 e. The first-order valence-electron chi connectivity index (χ1n) is 7.91. The minimum Gasteiger partial charge on any atom is -0.339 e. The van der Waals surface area contributed by atoms with Gasteiger partial charge in [-0.25, -0.2) is 0 Å². The van der Waals surface area contributed by atoms with E-state index in [1.807, 2.05) is 19.1 Å². The van der Waals surface area contributed by atoms with Gasteiger partial charge < -0.3 is 4.52 Å². The van der Waals surface area contributed by atoms with Crippen LogP contribution in [0.5, 0.6) is 0 Å². The summed E-state index contributed by atoms with van der Waals surface area (Å²) in [6.45, 7) is 1.88. The van der Waals surface area contributed by atoms with Crippen LogP contribution >= 0.6 is 11.6 Å². The van der Waals surface area contributed by atoms with Crippen molar-refractivity contribution in [3.63, 3.8) is 0 Å². The Morgan fingerprint density at radius 1 is 1.23 bits per heavy atom. The van der Waals surface area contributed by atoms with E-state index >= 15 is 0 Å². The van der Waals surface area contributed by atoms with Gasteiger partial charge in [0.05, 0.1) is 5.92 Å². The molecule has 5 heteroatoms. The maximum absolute atomic E-state index is 6.05. The van der Waals surface area contributed by atoms with Gasteiger partial charge in [0.25, 0.3) is 0 Å². The van der Waals surface area contributed by atoms with Crippen LogP contribution < -0.4 is 0 Å². The zero-order valence-electron chi connectivity index (χ0n) is 12.9. The number of aryl methyl sites for hydroxylation is 1. The van der Waals surface area contributed by atoms with Crippen LogP contribution in [0.3, 0.4) is 0 Å². The van der Waals surface area contributed by atoms with Crippen molar-refractivity contribution in [1.82, 2.24) is 15.0 Å². The third kappa shape index (κ3) is 2.25. The molecule has 1 aromatic heterocycles. The molecule has 0 radical (unpaired) electrons. The molecule has 0 amide bonds. The standard InChI is InChI=1S/C17H20ClN3O/c1-10-19-17(22-20-10)16-14(11-3-5-12(18)6-4-11)9-13-7-8-15(16)21(13)2/h3-6,13-16H,7-9H2,1-2H3/t13-,14-,15+,16+/m0/s1. The van der Waals surface area contributed by atoms with Crippen molar-refractivity contribution in [2.75, 3.05) is 7.05 Å². The van der Waals surface area contributed by atoms with Crippen LogP contribution in [0.25, 0.3) is 0 Å². The van der Waals surface area contributed by atoms with Crippen LogP contribution in [0.4, 0.5) is 0 Å². The molecule has 2 fully saturated rings. The third-order valence-corrected chi connectivity index (χ3v) is 5.65. The predicted molar refractivity (Wildman–Crippen MR) is 85.2 cm³/mol. The zero-order valence-corrected chi connectivity index (χ0v) is 13.6. The van der Waals surface area contributed by atoms with Gasteiger partial charge in [-0.15, -0.1) is 0 Å². The molecule has 0 N–H and O–H groups in total. The Kier molecular flexibility index (Phi) is 3.46. The first kappa shape index (κ1) is 14.2. The van der Waals surface area contributed by atoms with Gasteiger partial charge in [0.15, 0.2) is 5.82 Å². The van der Waals surface area contributed by atoms with E-state index in [4.69, 9.17) is 16.1 Å². The molecule has 3 heterocycles. The Morgan fingerprint density at radius 3 is 2.68 bits per heavy atom. The SMILES string of the molecule is Cc1noc([C@H]2[C@H]3CC[C@@H](C[C@H]2c2ccc(Cl)cc2)N3C)n1. The molecule has 4 rings (SSSR count). The topological polar surface area (TPSA) is 42.2 Å². The molecule has 0 spiro atoms. The minimum atomic E-state index is 0.270. The van der Waals surface area contributed by atoms with Crippen molar-refractivity contribution in [2.45, 2.75) is 50.1 Å². The number of rotatable bonds is 2. The average Bonchev–Trinajstić information content (AvgIpc) is 3.02. The molecule has 2 aromatic rings. The fraction of sp³-hybridized carbons (Fsp3) is 0.529. The van der Waals surface area contributed by atoms with E-state index in [2.05, 4.69) is 34.2 Å². The maximum atomic E-state index is 6.05. The highest BCUT2D eigenvalue weighted by Crippen LogP contribution is 2.50. The molecule has 22 heavy (non-hydrogen) atoms. The number of hydrogen-bond donors (Lipinski definition) is 0. The molecule has 0 unspecified atom stereocenters. The Balaban J connectivity index is 1.76. The lowest BCUT2D eigenvalue weighted by Gasteiger charge is -2.41. The summed E-state index contributed by atoms with van der Waals surface area (Å²) in [6.07, 6.45) is 3.60. The highest BCUT2D eigenvalue weighted by atomic mass is 35.5. The van der Waals surface area contributed by atoms with Crippen LogP contribution in [0, 0.1) is 6.92 Å². The summed E-state index contributed by atoms with van der Waals surface area (Å²) in [5, 5.41) is 4.80. The lowest BCUT2D eigenvalue weighted by molar-refractivity contribution is 0.120. The fourth-order valence-corrected chi connectivity index (χ4v) is 4.43. The third-order valence-electron chi connectivity index (χ3n) is 5.40. The number of likely N-dealkylation sites (N-methyl/N-ethyl adjacent to an activating group) is 1. The van der Waals surface area contributed by atoms with Crippen LogP contribution in [-0.4, -0.2) is 34.2 Å². The van der Waals surface area contributed by atoms with E-state index in [1.54, 1.807) is 0 Å². The monoisotopic (exact) mass is 317 g/mol. The van der Waals surface area contributed by atoms with Crippen LogP contribution in [0.1, 0.15) is 48.4 Å². The molecule has 0 aliphatic carbocycles. The molecule has 2 aliphatic rings. The second-order valence-corrected chi connectivity index (χ2v) is 7.00. The van der Waals surface area contributed by atoms with Crippen molar-refractivity contribution in [2.24, 2.45) is 0 Å². The average molecular weight is 318 g/mol. The number of nitrogens with zero attached hydrogens (tertiary/aromatic N) is 3. The summed E-state index contributed by atoms with van der Waals surface area (Å²) >= 11 is 6.05. The van der Waals surface area contributed by atoms with E-state index in [0.29, 0.717) is 23.8 Å². The summed E-state index contributed by atoms with van der Waals surface area (Å²) in [6, 6.07) is 9.40. The summed E-state index contributed by atoms with van der Waals surface area (Å²) in [7, 11) is 2.23. The van der Waals surface area contributed by atoms with Gasteiger partial charge in [-0.05, 0) is 56.8 Å². The van der Waals surface area contributed by atoms with E-state index in [9.17, 15) is 0 Å². The zero-order chi connectivity index (χ0) is 15.3. The Bertz CT molecular complexity index is 669. The molecular weight excluding hydrogens is 298 g/mol. The number of halogens is 1. The summed E-state index contributed by atoms with van der Waals surface area (Å²) < 4.78 is 5.56. The molecule has 2 saturated heterocycles. The maximum Gasteiger partial charge on any atom is 0.231 e. The number of hydrogen-bond acceptors (Lipinski definition) is 4. The summed E-state index contributed by atoms with van der Waals surface area (Å²) in [4.78, 5) is 7.06. The lowest BCUT2D eigenvalue weighted by atomic mass is 9.76. The van der Waals surface area contributed by atoms with E-state index < -0.39 is 0 Å². The number of aromatic nitrogens is 2. The van der Waals surface area contributed by atoms with Crippen molar-refractivity contribution >= 4 is 11.6 Å². The molecular formula is C17H20ClN3O. The Labute approximate surface area is 135 Å². The van der Waals surface area contributed by atoms with Gasteiger partial charge in [-0.3, -0.25) is 4.90 Å². The van der Waals surface area contributed by atoms with Gasteiger partial charge in [0.2, 0.25) is 5.89 Å². The highest BCUT2D eigenvalue weighted by Gasteiger charge is 2.48. The van der Waals surface area contributed by atoms with E-state index in [-0.39, 0.29) is 5.92 Å². The first-order chi connectivity index (χ1) is 10.6. The van der Waals surface area contributed by atoms with Gasteiger partial charge >= 0.3 is 0 Å². The molecule has 2 aliphatic heterocycles. The van der Waals surface area contributed by atoms with Crippen LogP contribution in [-0.2, 0) is 0 Å².